The van der Waals surface area contributed by atoms with E-state index in [4.69, 9.17) is 0 Å². The standard InChI is InChI=1S/C22H22N4O7S3/c1-15-10-12-25(13-11-15)36(32,33)19-6-2-16(3-7-19)21(27)24-22-23-14-20(34-22)35(30,31)18-8-4-17(5-9-18)26(28)29/h2-9,14-15H,10-13H2,1H3,(H,23,24,27). The summed E-state index contributed by atoms with van der Waals surface area (Å²) in [7, 11) is -7.63. The minimum atomic E-state index is -3.99. The maximum atomic E-state index is 12.9. The highest BCUT2D eigenvalue weighted by Gasteiger charge is 2.28. The van der Waals surface area contributed by atoms with Crippen LogP contribution in [0.1, 0.15) is 30.1 Å². The van der Waals surface area contributed by atoms with Gasteiger partial charge in [0.1, 0.15) is 4.21 Å². The largest absolute Gasteiger partial charge is 0.298 e. The van der Waals surface area contributed by atoms with Gasteiger partial charge in [-0.3, -0.25) is 20.2 Å². The number of carbonyl (C=O) groups excluding carboxylic acids is 1. The first-order chi connectivity index (χ1) is 17.0. The van der Waals surface area contributed by atoms with E-state index >= 15 is 0 Å². The number of benzene rings is 2. The molecule has 1 aliphatic rings. The highest BCUT2D eigenvalue weighted by Crippen LogP contribution is 2.30. The average molecular weight is 551 g/mol. The number of hydrogen-bond donors (Lipinski definition) is 1. The Morgan fingerprint density at radius 2 is 1.61 bits per heavy atom. The van der Waals surface area contributed by atoms with E-state index in [1.807, 2.05) is 0 Å². The van der Waals surface area contributed by atoms with Crippen LogP contribution in [0.2, 0.25) is 0 Å². The van der Waals surface area contributed by atoms with E-state index in [0.29, 0.717) is 19.0 Å². The van der Waals surface area contributed by atoms with Gasteiger partial charge in [0.25, 0.3) is 11.6 Å². The van der Waals surface area contributed by atoms with Crippen molar-refractivity contribution < 1.29 is 26.6 Å². The molecule has 0 atom stereocenters. The Morgan fingerprint density at radius 3 is 2.19 bits per heavy atom. The molecule has 36 heavy (non-hydrogen) atoms. The molecule has 1 fully saturated rings. The fraction of sp³-hybridized carbons (Fsp3) is 0.273. The first-order valence-corrected chi connectivity index (χ1v) is 14.6. The first kappa shape index (κ1) is 25.9. The molecule has 1 aromatic heterocycles. The molecule has 1 aliphatic heterocycles. The molecule has 0 spiro atoms. The summed E-state index contributed by atoms with van der Waals surface area (Å²) >= 11 is 0.727. The van der Waals surface area contributed by atoms with Crippen molar-refractivity contribution >= 4 is 47.9 Å². The zero-order valence-corrected chi connectivity index (χ0v) is 21.5. The van der Waals surface area contributed by atoms with Gasteiger partial charge in [0, 0.05) is 30.8 Å². The lowest BCUT2D eigenvalue weighted by Crippen LogP contribution is -2.37. The quantitative estimate of drug-likeness (QED) is 0.346. The van der Waals surface area contributed by atoms with Crippen LogP contribution in [0.3, 0.4) is 0 Å². The van der Waals surface area contributed by atoms with Crippen LogP contribution < -0.4 is 5.32 Å². The van der Waals surface area contributed by atoms with Gasteiger partial charge >= 0.3 is 0 Å². The van der Waals surface area contributed by atoms with Crippen molar-refractivity contribution in [3.8, 4) is 0 Å². The summed E-state index contributed by atoms with van der Waals surface area (Å²) in [5.41, 5.74) is -0.0632. The summed E-state index contributed by atoms with van der Waals surface area (Å²) in [5, 5.41) is 13.3. The number of piperidine rings is 1. The number of rotatable bonds is 7. The molecule has 0 saturated carbocycles. The molecule has 0 unspecified atom stereocenters. The smallest absolute Gasteiger partial charge is 0.269 e. The van der Waals surface area contributed by atoms with E-state index in [1.54, 1.807) is 0 Å². The van der Waals surface area contributed by atoms with E-state index in [2.05, 4.69) is 17.2 Å². The van der Waals surface area contributed by atoms with Crippen LogP contribution in [0, 0.1) is 16.0 Å². The number of hydrogen-bond acceptors (Lipinski definition) is 9. The van der Waals surface area contributed by atoms with Crippen molar-refractivity contribution in [3.63, 3.8) is 0 Å². The number of nitrogens with zero attached hydrogens (tertiary/aromatic N) is 3. The van der Waals surface area contributed by atoms with E-state index in [9.17, 15) is 31.7 Å². The van der Waals surface area contributed by atoms with Gasteiger partial charge in [0.05, 0.1) is 20.9 Å². The number of amides is 1. The van der Waals surface area contributed by atoms with E-state index in [0.717, 1.165) is 54.6 Å². The van der Waals surface area contributed by atoms with Gasteiger partial charge in [-0.1, -0.05) is 18.3 Å². The van der Waals surface area contributed by atoms with E-state index < -0.39 is 30.7 Å². The molecule has 1 N–H and O–H groups in total. The predicted octanol–water partition coefficient (Wildman–Crippen LogP) is 3.56. The number of nitrogens with one attached hydrogen (secondary N) is 1. The van der Waals surface area contributed by atoms with Crippen LogP contribution in [0.5, 0.6) is 0 Å². The molecule has 190 valence electrons. The molecular weight excluding hydrogens is 528 g/mol. The Bertz CT molecular complexity index is 1490. The number of aromatic nitrogens is 1. The van der Waals surface area contributed by atoms with E-state index in [-0.39, 0.29) is 30.4 Å². The van der Waals surface area contributed by atoms with Crippen molar-refractivity contribution in [3.05, 3.63) is 70.4 Å². The lowest BCUT2D eigenvalue weighted by Gasteiger charge is -2.29. The molecular formula is C22H22N4O7S3. The number of anilines is 1. The minimum absolute atomic E-state index is 0.0274. The molecule has 11 nitrogen and oxygen atoms in total. The molecule has 1 saturated heterocycles. The van der Waals surface area contributed by atoms with Gasteiger partial charge in [0.15, 0.2) is 5.13 Å². The minimum Gasteiger partial charge on any atom is -0.298 e. The van der Waals surface area contributed by atoms with Gasteiger partial charge in [-0.25, -0.2) is 21.8 Å². The third kappa shape index (κ3) is 5.31. The number of thiazole rings is 1. The maximum absolute atomic E-state index is 12.9. The second kappa shape index (κ2) is 10.0. The molecule has 2 aromatic carbocycles. The van der Waals surface area contributed by atoms with Gasteiger partial charge in [-0.15, -0.1) is 0 Å². The number of non-ortho nitro benzene ring substituents is 1. The average Bonchev–Trinajstić information content (AvgIpc) is 3.34. The molecule has 1 amide bonds. The fourth-order valence-electron chi connectivity index (χ4n) is 3.63. The van der Waals surface area contributed by atoms with Crippen LogP contribution in [-0.2, 0) is 19.9 Å². The van der Waals surface area contributed by atoms with Gasteiger partial charge in [-0.2, -0.15) is 4.31 Å². The summed E-state index contributed by atoms with van der Waals surface area (Å²) in [4.78, 5) is 26.7. The normalized spacial score (nSPS) is 15.5. The summed E-state index contributed by atoms with van der Waals surface area (Å²) in [6, 6.07) is 9.95. The summed E-state index contributed by atoms with van der Waals surface area (Å²) in [6.45, 7) is 3.01. The predicted molar refractivity (Wildman–Crippen MR) is 132 cm³/mol. The van der Waals surface area contributed by atoms with Gasteiger partial charge in [-0.05, 0) is 55.2 Å². The molecule has 0 bridgehead atoms. The number of sulfonamides is 1. The third-order valence-corrected chi connectivity index (χ3v) is 10.9. The molecule has 14 heteroatoms. The zero-order chi connectivity index (χ0) is 26.1. The lowest BCUT2D eigenvalue weighted by molar-refractivity contribution is -0.384. The maximum Gasteiger partial charge on any atom is 0.269 e. The third-order valence-electron chi connectivity index (χ3n) is 5.82. The topological polar surface area (TPSA) is 157 Å². The molecule has 0 aliphatic carbocycles. The molecule has 0 radical (unpaired) electrons. The van der Waals surface area contributed by atoms with Gasteiger partial charge < -0.3 is 0 Å². The summed E-state index contributed by atoms with van der Waals surface area (Å²) < 4.78 is 52.6. The van der Waals surface area contributed by atoms with Crippen molar-refractivity contribution in [1.29, 1.82) is 0 Å². The van der Waals surface area contributed by atoms with Crippen molar-refractivity contribution in [1.82, 2.24) is 9.29 Å². The van der Waals surface area contributed by atoms with Crippen LogP contribution >= 0.6 is 11.3 Å². The number of sulfone groups is 1. The van der Waals surface area contributed by atoms with Crippen LogP contribution in [0.15, 0.2) is 68.7 Å². The number of carbonyl (C=O) groups is 1. The highest BCUT2D eigenvalue weighted by atomic mass is 32.2. The number of nitro groups is 1. The number of nitro benzene ring substituents is 1. The van der Waals surface area contributed by atoms with E-state index in [1.165, 1.54) is 28.6 Å². The monoisotopic (exact) mass is 550 g/mol. The Balaban J connectivity index is 1.45. The van der Waals surface area contributed by atoms with Crippen molar-refractivity contribution in [2.24, 2.45) is 5.92 Å². The Hall–Kier alpha value is -3.20. The van der Waals surface area contributed by atoms with Gasteiger partial charge in [0.2, 0.25) is 19.9 Å². The molecule has 2 heterocycles. The van der Waals surface area contributed by atoms with Crippen LogP contribution in [0.4, 0.5) is 10.8 Å². The van der Waals surface area contributed by atoms with Crippen LogP contribution in [0.25, 0.3) is 0 Å². The zero-order valence-electron chi connectivity index (χ0n) is 19.0. The Labute approximate surface area is 211 Å². The van der Waals surface area contributed by atoms with Crippen molar-refractivity contribution in [2.75, 3.05) is 18.4 Å². The SMILES string of the molecule is CC1CCN(S(=O)(=O)c2ccc(C(=O)Nc3ncc(S(=O)(=O)c4ccc([N+](=O)[O-])cc4)s3)cc2)CC1. The Kier molecular flexibility index (Phi) is 7.22. The molecule has 3 aromatic rings. The highest BCUT2D eigenvalue weighted by molar-refractivity contribution is 7.93. The summed E-state index contributed by atoms with van der Waals surface area (Å²) in [5.74, 6) is -0.0996. The first-order valence-electron chi connectivity index (χ1n) is 10.9. The molecule has 4 rings (SSSR count). The summed E-state index contributed by atoms with van der Waals surface area (Å²) in [6.07, 6.45) is 2.69. The second-order valence-corrected chi connectivity index (χ2v) is 13.4. The second-order valence-electron chi connectivity index (χ2n) is 8.30. The van der Waals surface area contributed by atoms with Crippen molar-refractivity contribution in [2.45, 2.75) is 33.8 Å². The van der Waals surface area contributed by atoms with Crippen LogP contribution in [-0.4, -0.2) is 50.0 Å². The lowest BCUT2D eigenvalue weighted by atomic mass is 10.0. The Morgan fingerprint density at radius 1 is 1.03 bits per heavy atom. The fourth-order valence-corrected chi connectivity index (χ4v) is 7.52.